The van der Waals surface area contributed by atoms with E-state index in [0.29, 0.717) is 5.82 Å². The Bertz CT molecular complexity index is 453. The zero-order valence-electron chi connectivity index (χ0n) is 9.97. The first kappa shape index (κ1) is 11.7. The third-order valence-corrected chi connectivity index (χ3v) is 2.66. The van der Waals surface area contributed by atoms with Crippen LogP contribution >= 0.6 is 0 Å². The molecular formula is C13H17N3O. The molecule has 2 aromatic rings. The van der Waals surface area contributed by atoms with Crippen LogP contribution in [0.2, 0.25) is 0 Å². The molecule has 0 unspecified atom stereocenters. The molecule has 0 aliphatic heterocycles. The van der Waals surface area contributed by atoms with E-state index in [2.05, 4.69) is 16.8 Å². The predicted molar refractivity (Wildman–Crippen MR) is 67.1 cm³/mol. The van der Waals surface area contributed by atoms with Crippen molar-refractivity contribution in [3.8, 4) is 0 Å². The van der Waals surface area contributed by atoms with Gasteiger partial charge in [-0.3, -0.25) is 4.90 Å². The van der Waals surface area contributed by atoms with Crippen molar-refractivity contribution in [2.24, 2.45) is 0 Å². The van der Waals surface area contributed by atoms with Crippen LogP contribution < -0.4 is 5.73 Å². The molecule has 0 saturated carbocycles. The molecule has 4 heteroatoms. The topological polar surface area (TPSA) is 55.3 Å². The van der Waals surface area contributed by atoms with Gasteiger partial charge in [-0.2, -0.15) is 0 Å². The van der Waals surface area contributed by atoms with Gasteiger partial charge in [0, 0.05) is 12.7 Å². The van der Waals surface area contributed by atoms with E-state index < -0.39 is 0 Å². The molecule has 0 radical (unpaired) electrons. The minimum Gasteiger partial charge on any atom is -0.468 e. The fourth-order valence-electron chi connectivity index (χ4n) is 1.75. The second-order valence-electron chi connectivity index (χ2n) is 3.97. The van der Waals surface area contributed by atoms with Crippen molar-refractivity contribution in [1.82, 2.24) is 9.88 Å². The smallest absolute Gasteiger partial charge is 0.123 e. The van der Waals surface area contributed by atoms with E-state index in [0.717, 1.165) is 25.4 Å². The monoisotopic (exact) mass is 231 g/mol. The molecule has 2 N–H and O–H groups in total. The fourth-order valence-corrected chi connectivity index (χ4v) is 1.75. The van der Waals surface area contributed by atoms with Crippen molar-refractivity contribution in [2.45, 2.75) is 20.0 Å². The van der Waals surface area contributed by atoms with Gasteiger partial charge in [0.2, 0.25) is 0 Å². The molecule has 0 bridgehead atoms. The zero-order chi connectivity index (χ0) is 12.1. The number of nitrogens with zero attached hydrogens (tertiary/aromatic N) is 2. The summed E-state index contributed by atoms with van der Waals surface area (Å²) in [6, 6.07) is 7.79. The Hall–Kier alpha value is -1.81. The lowest BCUT2D eigenvalue weighted by Crippen LogP contribution is -2.22. The highest BCUT2D eigenvalue weighted by atomic mass is 16.3. The number of nitrogen functional groups attached to an aromatic ring is 1. The Balaban J connectivity index is 2.00. The SMILES string of the molecule is CCN(Cc1ccnc(N)c1)Cc1ccco1. The van der Waals surface area contributed by atoms with E-state index in [9.17, 15) is 0 Å². The van der Waals surface area contributed by atoms with Gasteiger partial charge in [-0.25, -0.2) is 4.98 Å². The molecule has 2 rings (SSSR count). The maximum atomic E-state index is 5.66. The Kier molecular flexibility index (Phi) is 3.77. The van der Waals surface area contributed by atoms with Gasteiger partial charge in [-0.15, -0.1) is 0 Å². The molecule has 0 saturated heterocycles. The number of hydrogen-bond donors (Lipinski definition) is 1. The summed E-state index contributed by atoms with van der Waals surface area (Å²) >= 11 is 0. The summed E-state index contributed by atoms with van der Waals surface area (Å²) in [5.74, 6) is 1.55. The molecule has 0 amide bonds. The fraction of sp³-hybridized carbons (Fsp3) is 0.308. The Morgan fingerprint density at radius 2 is 2.24 bits per heavy atom. The summed E-state index contributed by atoms with van der Waals surface area (Å²) in [7, 11) is 0. The van der Waals surface area contributed by atoms with Crippen molar-refractivity contribution in [3.05, 3.63) is 48.0 Å². The van der Waals surface area contributed by atoms with Gasteiger partial charge in [0.1, 0.15) is 11.6 Å². The van der Waals surface area contributed by atoms with Crippen molar-refractivity contribution in [3.63, 3.8) is 0 Å². The number of furan rings is 1. The lowest BCUT2D eigenvalue weighted by atomic mass is 10.2. The van der Waals surface area contributed by atoms with Crippen LogP contribution in [0.1, 0.15) is 18.2 Å². The highest BCUT2D eigenvalue weighted by Crippen LogP contribution is 2.11. The number of pyridine rings is 1. The van der Waals surface area contributed by atoms with Crippen LogP contribution in [0.5, 0.6) is 0 Å². The summed E-state index contributed by atoms with van der Waals surface area (Å²) in [5.41, 5.74) is 6.84. The van der Waals surface area contributed by atoms with Crippen molar-refractivity contribution >= 4 is 5.82 Å². The molecule has 17 heavy (non-hydrogen) atoms. The maximum absolute atomic E-state index is 5.66. The lowest BCUT2D eigenvalue weighted by molar-refractivity contribution is 0.248. The Labute approximate surface area is 101 Å². The van der Waals surface area contributed by atoms with Gasteiger partial charge in [0.05, 0.1) is 12.8 Å². The van der Waals surface area contributed by atoms with Gasteiger partial charge in [0.25, 0.3) is 0 Å². The van der Waals surface area contributed by atoms with Crippen LogP contribution in [0.3, 0.4) is 0 Å². The van der Waals surface area contributed by atoms with E-state index in [1.165, 1.54) is 5.56 Å². The third kappa shape index (κ3) is 3.32. The second kappa shape index (κ2) is 5.50. The van der Waals surface area contributed by atoms with Gasteiger partial charge in [-0.05, 0) is 36.4 Å². The van der Waals surface area contributed by atoms with Crippen LogP contribution in [0.4, 0.5) is 5.82 Å². The molecule has 2 aromatic heterocycles. The quantitative estimate of drug-likeness (QED) is 0.857. The van der Waals surface area contributed by atoms with E-state index >= 15 is 0 Å². The van der Waals surface area contributed by atoms with Crippen molar-refractivity contribution in [2.75, 3.05) is 12.3 Å². The van der Waals surface area contributed by atoms with E-state index in [-0.39, 0.29) is 0 Å². The summed E-state index contributed by atoms with van der Waals surface area (Å²) in [6.45, 7) is 4.76. The highest BCUT2D eigenvalue weighted by Gasteiger charge is 2.06. The Morgan fingerprint density at radius 1 is 1.35 bits per heavy atom. The molecule has 90 valence electrons. The van der Waals surface area contributed by atoms with Crippen LogP contribution in [0.25, 0.3) is 0 Å². The zero-order valence-corrected chi connectivity index (χ0v) is 9.97. The average Bonchev–Trinajstić information content (AvgIpc) is 2.81. The molecule has 0 aliphatic carbocycles. The molecule has 0 fully saturated rings. The van der Waals surface area contributed by atoms with Crippen LogP contribution in [0.15, 0.2) is 41.1 Å². The molecule has 0 atom stereocenters. The Morgan fingerprint density at radius 3 is 2.88 bits per heavy atom. The first-order chi connectivity index (χ1) is 8.28. The van der Waals surface area contributed by atoms with Crippen molar-refractivity contribution < 1.29 is 4.42 Å². The standard InChI is InChI=1S/C13H17N3O/c1-2-16(10-12-4-3-7-17-12)9-11-5-6-15-13(14)8-11/h3-8H,2,9-10H2,1H3,(H2,14,15). The van der Waals surface area contributed by atoms with Crippen LogP contribution in [-0.4, -0.2) is 16.4 Å². The number of nitrogens with two attached hydrogens (primary N) is 1. The van der Waals surface area contributed by atoms with Gasteiger partial charge in [0.15, 0.2) is 0 Å². The van der Waals surface area contributed by atoms with Gasteiger partial charge in [-0.1, -0.05) is 6.92 Å². The minimum atomic E-state index is 0.566. The number of aromatic nitrogens is 1. The van der Waals surface area contributed by atoms with Crippen molar-refractivity contribution in [1.29, 1.82) is 0 Å². The van der Waals surface area contributed by atoms with Crippen LogP contribution in [0, 0.1) is 0 Å². The molecular weight excluding hydrogens is 214 g/mol. The van der Waals surface area contributed by atoms with Gasteiger partial charge < -0.3 is 10.2 Å². The normalized spacial score (nSPS) is 10.9. The first-order valence-corrected chi connectivity index (χ1v) is 5.73. The summed E-state index contributed by atoms with van der Waals surface area (Å²) in [6.07, 6.45) is 3.44. The number of rotatable bonds is 5. The summed E-state index contributed by atoms with van der Waals surface area (Å²) in [4.78, 5) is 6.27. The second-order valence-corrected chi connectivity index (χ2v) is 3.97. The molecule has 0 spiro atoms. The molecule has 0 aliphatic rings. The number of anilines is 1. The average molecular weight is 231 g/mol. The van der Waals surface area contributed by atoms with Crippen LogP contribution in [-0.2, 0) is 13.1 Å². The third-order valence-electron chi connectivity index (χ3n) is 2.66. The van der Waals surface area contributed by atoms with E-state index in [1.54, 1.807) is 12.5 Å². The van der Waals surface area contributed by atoms with Gasteiger partial charge >= 0.3 is 0 Å². The largest absolute Gasteiger partial charge is 0.468 e. The predicted octanol–water partition coefficient (Wildman–Crippen LogP) is 2.28. The first-order valence-electron chi connectivity index (χ1n) is 5.73. The highest BCUT2D eigenvalue weighted by molar-refractivity contribution is 5.31. The molecule has 0 aromatic carbocycles. The molecule has 4 nitrogen and oxygen atoms in total. The summed E-state index contributed by atoms with van der Waals surface area (Å²) < 4.78 is 5.35. The van der Waals surface area contributed by atoms with E-state index in [1.807, 2.05) is 24.3 Å². The number of hydrogen-bond acceptors (Lipinski definition) is 4. The van der Waals surface area contributed by atoms with E-state index in [4.69, 9.17) is 10.2 Å². The molecule has 2 heterocycles. The lowest BCUT2D eigenvalue weighted by Gasteiger charge is -2.19. The maximum Gasteiger partial charge on any atom is 0.123 e. The summed E-state index contributed by atoms with van der Waals surface area (Å²) in [5, 5.41) is 0. The minimum absolute atomic E-state index is 0.566.